The predicted molar refractivity (Wildman–Crippen MR) is 70.2 cm³/mol. The molecule has 0 aliphatic carbocycles. The monoisotopic (exact) mass is 240 g/mol. The first-order valence-corrected chi connectivity index (χ1v) is 5.73. The van der Waals surface area contributed by atoms with Gasteiger partial charge in [0.2, 0.25) is 0 Å². The molecule has 0 aliphatic heterocycles. The van der Waals surface area contributed by atoms with Crippen LogP contribution >= 0.6 is 0 Å². The lowest BCUT2D eigenvalue weighted by molar-refractivity contribution is 0.0697. The van der Waals surface area contributed by atoms with E-state index in [2.05, 4.69) is 0 Å². The minimum atomic E-state index is -0.921. The zero-order valence-corrected chi connectivity index (χ0v) is 10.2. The number of fused-ring (bicyclic) bond motifs is 3. The Morgan fingerprint density at radius 3 is 2.61 bits per heavy atom. The van der Waals surface area contributed by atoms with Crippen molar-refractivity contribution in [2.75, 3.05) is 0 Å². The largest absolute Gasteiger partial charge is 0.478 e. The molecule has 0 bridgehead atoms. The molecule has 2 aromatic carbocycles. The van der Waals surface area contributed by atoms with Crippen molar-refractivity contribution in [3.8, 4) is 0 Å². The molecule has 1 aromatic heterocycles. The number of furan rings is 1. The summed E-state index contributed by atoms with van der Waals surface area (Å²) >= 11 is 0. The van der Waals surface area contributed by atoms with Crippen molar-refractivity contribution < 1.29 is 14.3 Å². The van der Waals surface area contributed by atoms with Gasteiger partial charge in [0.1, 0.15) is 11.2 Å². The highest BCUT2D eigenvalue weighted by atomic mass is 16.4. The van der Waals surface area contributed by atoms with Gasteiger partial charge in [-0.25, -0.2) is 4.79 Å². The molecule has 0 atom stereocenters. The molecule has 0 radical (unpaired) electrons. The molecule has 0 spiro atoms. The van der Waals surface area contributed by atoms with E-state index in [1.807, 2.05) is 26.0 Å². The smallest absolute Gasteiger partial charge is 0.335 e. The maximum Gasteiger partial charge on any atom is 0.335 e. The molecule has 0 saturated carbocycles. The highest BCUT2D eigenvalue weighted by Crippen LogP contribution is 2.32. The topological polar surface area (TPSA) is 50.4 Å². The fraction of sp³-hybridized carbons (Fsp3) is 0.133. The van der Waals surface area contributed by atoms with Crippen LogP contribution in [0, 0.1) is 13.8 Å². The molecule has 3 heteroatoms. The van der Waals surface area contributed by atoms with Crippen LogP contribution in [0.15, 0.2) is 34.7 Å². The van der Waals surface area contributed by atoms with E-state index in [-0.39, 0.29) is 5.56 Å². The van der Waals surface area contributed by atoms with Gasteiger partial charge in [0, 0.05) is 10.8 Å². The van der Waals surface area contributed by atoms with Crippen molar-refractivity contribution in [3.05, 3.63) is 47.0 Å². The van der Waals surface area contributed by atoms with E-state index < -0.39 is 5.97 Å². The molecule has 3 rings (SSSR count). The predicted octanol–water partition coefficient (Wildman–Crippen LogP) is 3.90. The molecule has 3 aromatic rings. The number of hydrogen-bond donors (Lipinski definition) is 1. The van der Waals surface area contributed by atoms with Crippen molar-refractivity contribution in [2.24, 2.45) is 0 Å². The highest BCUT2D eigenvalue weighted by Gasteiger charge is 2.12. The summed E-state index contributed by atoms with van der Waals surface area (Å²) in [6.45, 7) is 4.04. The second-order valence-electron chi connectivity index (χ2n) is 4.50. The van der Waals surface area contributed by atoms with Crippen molar-refractivity contribution in [2.45, 2.75) is 13.8 Å². The first kappa shape index (κ1) is 10.8. The van der Waals surface area contributed by atoms with E-state index in [9.17, 15) is 4.79 Å². The van der Waals surface area contributed by atoms with Crippen molar-refractivity contribution >= 4 is 27.9 Å². The molecular weight excluding hydrogens is 228 g/mol. The fourth-order valence-electron chi connectivity index (χ4n) is 2.21. The van der Waals surface area contributed by atoms with Crippen molar-refractivity contribution in [3.63, 3.8) is 0 Å². The molecule has 90 valence electrons. The van der Waals surface area contributed by atoms with Gasteiger partial charge in [-0.3, -0.25) is 0 Å². The maximum absolute atomic E-state index is 11.0. The highest BCUT2D eigenvalue weighted by molar-refractivity contribution is 6.08. The molecule has 0 aliphatic rings. The lowest BCUT2D eigenvalue weighted by Crippen LogP contribution is -1.94. The average Bonchev–Trinajstić information content (AvgIpc) is 2.72. The van der Waals surface area contributed by atoms with Crippen LogP contribution in [0.4, 0.5) is 0 Å². The number of aryl methyl sites for hydroxylation is 2. The first-order valence-electron chi connectivity index (χ1n) is 5.73. The molecule has 0 fully saturated rings. The third-order valence-electron chi connectivity index (χ3n) is 3.41. The van der Waals surface area contributed by atoms with Gasteiger partial charge in [0.25, 0.3) is 0 Å². The van der Waals surface area contributed by atoms with Gasteiger partial charge in [-0.1, -0.05) is 12.1 Å². The summed E-state index contributed by atoms with van der Waals surface area (Å²) in [7, 11) is 0. The van der Waals surface area contributed by atoms with Crippen LogP contribution < -0.4 is 0 Å². The molecular formula is C15H12O3. The van der Waals surface area contributed by atoms with Crippen LogP contribution in [0.5, 0.6) is 0 Å². The average molecular weight is 240 g/mol. The Hall–Kier alpha value is -2.29. The normalized spacial score (nSPS) is 11.2. The molecule has 3 nitrogen and oxygen atoms in total. The lowest BCUT2D eigenvalue weighted by atomic mass is 10.0. The number of aromatic carboxylic acids is 1. The number of benzene rings is 2. The zero-order valence-electron chi connectivity index (χ0n) is 10.2. The van der Waals surface area contributed by atoms with E-state index in [0.717, 1.165) is 27.5 Å². The summed E-state index contributed by atoms with van der Waals surface area (Å²) in [6.07, 6.45) is 0. The SMILES string of the molecule is Cc1ccc2c(oc3ccc(C(=O)O)cc32)c1C. The number of carboxylic acids is 1. The molecule has 1 N–H and O–H groups in total. The second kappa shape index (κ2) is 3.60. The van der Waals surface area contributed by atoms with E-state index in [0.29, 0.717) is 0 Å². The van der Waals surface area contributed by atoms with Crippen molar-refractivity contribution in [1.82, 2.24) is 0 Å². The van der Waals surface area contributed by atoms with Gasteiger partial charge in [-0.2, -0.15) is 0 Å². The van der Waals surface area contributed by atoms with Crippen LogP contribution in [0.3, 0.4) is 0 Å². The third kappa shape index (κ3) is 1.40. The fourth-order valence-corrected chi connectivity index (χ4v) is 2.21. The molecule has 1 heterocycles. The van der Waals surface area contributed by atoms with Crippen LogP contribution in [0.25, 0.3) is 21.9 Å². The Bertz CT molecular complexity index is 781. The Labute approximate surface area is 104 Å². The van der Waals surface area contributed by atoms with Crippen LogP contribution in [-0.2, 0) is 0 Å². The number of hydrogen-bond acceptors (Lipinski definition) is 2. The Balaban J connectivity index is 2.45. The van der Waals surface area contributed by atoms with Crippen LogP contribution in [0.2, 0.25) is 0 Å². The number of rotatable bonds is 1. The standard InChI is InChI=1S/C15H12O3/c1-8-3-5-11-12-7-10(15(16)17)4-6-13(12)18-14(11)9(8)2/h3-7H,1-2H3,(H,16,17). The summed E-state index contributed by atoms with van der Waals surface area (Å²) < 4.78 is 5.81. The molecule has 18 heavy (non-hydrogen) atoms. The third-order valence-corrected chi connectivity index (χ3v) is 3.41. The Kier molecular flexibility index (Phi) is 2.17. The Morgan fingerprint density at radius 1 is 1.11 bits per heavy atom. The van der Waals surface area contributed by atoms with Crippen molar-refractivity contribution in [1.29, 1.82) is 0 Å². The van der Waals surface area contributed by atoms with Gasteiger partial charge in [-0.05, 0) is 43.2 Å². The molecule has 0 unspecified atom stereocenters. The molecule has 0 amide bonds. The van der Waals surface area contributed by atoms with Gasteiger partial charge in [-0.15, -0.1) is 0 Å². The second-order valence-corrected chi connectivity index (χ2v) is 4.50. The zero-order chi connectivity index (χ0) is 12.9. The summed E-state index contributed by atoms with van der Waals surface area (Å²) in [5.74, 6) is -0.921. The van der Waals surface area contributed by atoms with Gasteiger partial charge < -0.3 is 9.52 Å². The van der Waals surface area contributed by atoms with E-state index in [4.69, 9.17) is 9.52 Å². The molecule has 0 saturated heterocycles. The number of carboxylic acid groups (broad SMARTS) is 1. The summed E-state index contributed by atoms with van der Waals surface area (Å²) in [4.78, 5) is 11.0. The summed E-state index contributed by atoms with van der Waals surface area (Å²) in [6, 6.07) is 8.95. The minimum absolute atomic E-state index is 0.281. The minimum Gasteiger partial charge on any atom is -0.478 e. The quantitative estimate of drug-likeness (QED) is 0.701. The summed E-state index contributed by atoms with van der Waals surface area (Å²) in [5.41, 5.74) is 4.11. The van der Waals surface area contributed by atoms with Gasteiger partial charge in [0.05, 0.1) is 5.56 Å². The van der Waals surface area contributed by atoms with Crippen LogP contribution in [0.1, 0.15) is 21.5 Å². The van der Waals surface area contributed by atoms with E-state index in [1.54, 1.807) is 18.2 Å². The lowest BCUT2D eigenvalue weighted by Gasteiger charge is -1.98. The van der Waals surface area contributed by atoms with Crippen LogP contribution in [-0.4, -0.2) is 11.1 Å². The summed E-state index contributed by atoms with van der Waals surface area (Å²) in [5, 5.41) is 10.8. The van der Waals surface area contributed by atoms with Gasteiger partial charge >= 0.3 is 5.97 Å². The van der Waals surface area contributed by atoms with E-state index in [1.165, 1.54) is 5.56 Å². The Morgan fingerprint density at radius 2 is 1.89 bits per heavy atom. The maximum atomic E-state index is 11.0. The first-order chi connectivity index (χ1) is 8.58. The van der Waals surface area contributed by atoms with E-state index >= 15 is 0 Å². The van der Waals surface area contributed by atoms with Gasteiger partial charge in [0.15, 0.2) is 0 Å². The number of carbonyl (C=O) groups is 1.